The first-order valence-electron chi connectivity index (χ1n) is 10.3. The van der Waals surface area contributed by atoms with E-state index in [1.807, 2.05) is 74.5 Å². The number of aryl methyl sites for hydroxylation is 2. The molecule has 0 saturated heterocycles. The van der Waals surface area contributed by atoms with Gasteiger partial charge in [0.15, 0.2) is 0 Å². The number of hydrogen-bond acceptors (Lipinski definition) is 2. The predicted octanol–water partition coefficient (Wildman–Crippen LogP) is 6.98. The van der Waals surface area contributed by atoms with Crippen molar-refractivity contribution in [3.63, 3.8) is 0 Å². The average Bonchev–Trinajstić information content (AvgIpc) is 2.73. The first-order valence-corrected chi connectivity index (χ1v) is 12.6. The van der Waals surface area contributed by atoms with Crippen LogP contribution >= 0.6 is 0 Å². The number of benzene rings is 2. The third-order valence-electron chi connectivity index (χ3n) is 4.76. The zero-order chi connectivity index (χ0) is 21.1. The highest BCUT2D eigenvalue weighted by molar-refractivity contribution is 8.08. The van der Waals surface area contributed by atoms with Crippen LogP contribution in [0.4, 0.5) is 0 Å². The summed E-state index contributed by atoms with van der Waals surface area (Å²) in [6.07, 6.45) is 11.5. The van der Waals surface area contributed by atoms with Crippen molar-refractivity contribution in [2.24, 2.45) is 0 Å². The van der Waals surface area contributed by atoms with Crippen LogP contribution in [-0.2, 0) is 21.6 Å². The zero-order valence-electron chi connectivity index (χ0n) is 17.6. The van der Waals surface area contributed by atoms with Crippen LogP contribution in [0.2, 0.25) is 0 Å². The summed E-state index contributed by atoms with van der Waals surface area (Å²) in [6.45, 7) is 7.76. The minimum Gasteiger partial charge on any atom is -0.248 e. The molecule has 0 N–H and O–H groups in total. The largest absolute Gasteiger partial charge is 0.248 e. The van der Waals surface area contributed by atoms with Gasteiger partial charge in [-0.1, -0.05) is 66.8 Å². The van der Waals surface area contributed by atoms with E-state index >= 15 is 0 Å². The highest BCUT2D eigenvalue weighted by atomic mass is 32.2. The molecule has 0 aliphatic carbocycles. The molecule has 2 aromatic carbocycles. The van der Waals surface area contributed by atoms with E-state index in [9.17, 15) is 8.42 Å². The first-order chi connectivity index (χ1) is 14.0. The molecule has 0 aliphatic heterocycles. The third kappa shape index (κ3) is 7.87. The Bertz CT molecular complexity index is 790. The molecule has 2 nitrogen and oxygen atoms in total. The molecule has 0 aliphatic rings. The SMILES string of the molecule is C=CCCCCCCCC=C([S@@](=O)c1ccc(C)cc1)[S@@](=O)c1ccc(C)cc1. The van der Waals surface area contributed by atoms with Gasteiger partial charge in [0.2, 0.25) is 0 Å². The molecule has 2 aromatic rings. The Labute approximate surface area is 181 Å². The second-order valence-electron chi connectivity index (χ2n) is 7.32. The van der Waals surface area contributed by atoms with Crippen LogP contribution in [0.3, 0.4) is 0 Å². The first kappa shape index (κ1) is 23.5. The van der Waals surface area contributed by atoms with Gasteiger partial charge in [-0.15, -0.1) is 6.58 Å². The van der Waals surface area contributed by atoms with E-state index in [1.54, 1.807) is 0 Å². The van der Waals surface area contributed by atoms with E-state index in [4.69, 9.17) is 0 Å². The maximum absolute atomic E-state index is 13.2. The Kier molecular flexibility index (Phi) is 10.3. The van der Waals surface area contributed by atoms with Gasteiger partial charge in [0.05, 0.1) is 21.6 Å². The van der Waals surface area contributed by atoms with Crippen molar-refractivity contribution >= 4 is 21.6 Å². The molecule has 2 atom stereocenters. The van der Waals surface area contributed by atoms with Gasteiger partial charge in [-0.05, 0) is 63.8 Å². The molecule has 0 fully saturated rings. The lowest BCUT2D eigenvalue weighted by molar-refractivity contribution is 0.622. The van der Waals surface area contributed by atoms with E-state index in [0.29, 0.717) is 14.0 Å². The molecule has 0 aromatic heterocycles. The molecule has 0 saturated carbocycles. The van der Waals surface area contributed by atoms with Crippen molar-refractivity contribution in [3.8, 4) is 0 Å². The van der Waals surface area contributed by atoms with Crippen LogP contribution in [0.25, 0.3) is 0 Å². The number of rotatable bonds is 12. The van der Waals surface area contributed by atoms with Crippen LogP contribution in [0, 0.1) is 13.8 Å². The van der Waals surface area contributed by atoms with Crippen LogP contribution < -0.4 is 0 Å². The summed E-state index contributed by atoms with van der Waals surface area (Å²) in [7, 11) is -2.85. The number of unbranched alkanes of at least 4 members (excludes halogenated alkanes) is 6. The zero-order valence-corrected chi connectivity index (χ0v) is 19.2. The van der Waals surface area contributed by atoms with Crippen LogP contribution in [0.5, 0.6) is 0 Å². The van der Waals surface area contributed by atoms with E-state index < -0.39 is 21.6 Å². The van der Waals surface area contributed by atoms with Gasteiger partial charge >= 0.3 is 0 Å². The number of allylic oxidation sites excluding steroid dienone is 2. The van der Waals surface area contributed by atoms with Crippen molar-refractivity contribution in [2.75, 3.05) is 0 Å². The van der Waals surface area contributed by atoms with Crippen LogP contribution in [0.1, 0.15) is 56.1 Å². The van der Waals surface area contributed by atoms with E-state index in [1.165, 1.54) is 19.3 Å². The molecule has 0 unspecified atom stereocenters. The Morgan fingerprint density at radius 1 is 0.724 bits per heavy atom. The fourth-order valence-electron chi connectivity index (χ4n) is 2.96. The highest BCUT2D eigenvalue weighted by Gasteiger charge is 2.18. The Balaban J connectivity index is 2.11. The Hall–Kier alpha value is -1.78. The maximum atomic E-state index is 13.2. The topological polar surface area (TPSA) is 34.1 Å². The lowest BCUT2D eigenvalue weighted by atomic mass is 10.1. The van der Waals surface area contributed by atoms with Gasteiger partial charge in [0.25, 0.3) is 0 Å². The summed E-state index contributed by atoms with van der Waals surface area (Å²) in [5.74, 6) is 0. The smallest absolute Gasteiger partial charge is 0.109 e. The van der Waals surface area contributed by atoms with Crippen LogP contribution in [-0.4, -0.2) is 8.42 Å². The molecular formula is C25H32O2S2. The summed E-state index contributed by atoms with van der Waals surface area (Å²) >= 11 is 0. The molecule has 0 heterocycles. The number of hydrogen-bond donors (Lipinski definition) is 0. The van der Waals surface area contributed by atoms with Gasteiger partial charge in [0.1, 0.15) is 4.24 Å². The molecule has 0 spiro atoms. The van der Waals surface area contributed by atoms with Gasteiger partial charge in [-0.25, -0.2) is 8.42 Å². The monoisotopic (exact) mass is 428 g/mol. The van der Waals surface area contributed by atoms with Crippen molar-refractivity contribution in [2.45, 2.75) is 68.6 Å². The molecule has 0 bridgehead atoms. The lowest BCUT2D eigenvalue weighted by Gasteiger charge is -2.09. The summed E-state index contributed by atoms with van der Waals surface area (Å²) in [6, 6.07) is 15.3. The summed E-state index contributed by atoms with van der Waals surface area (Å²) in [4.78, 5) is 1.40. The fourth-order valence-corrected chi connectivity index (χ4v) is 5.86. The summed E-state index contributed by atoms with van der Waals surface area (Å²) in [5.41, 5.74) is 2.24. The predicted molar refractivity (Wildman–Crippen MR) is 126 cm³/mol. The van der Waals surface area contributed by atoms with E-state index in [0.717, 1.165) is 36.8 Å². The van der Waals surface area contributed by atoms with Crippen molar-refractivity contribution in [1.82, 2.24) is 0 Å². The summed E-state index contributed by atoms with van der Waals surface area (Å²) < 4.78 is 26.9. The highest BCUT2D eigenvalue weighted by Crippen LogP contribution is 2.24. The molecule has 0 radical (unpaired) electrons. The minimum atomic E-state index is -1.43. The second-order valence-corrected chi connectivity index (χ2v) is 10.5. The molecular weight excluding hydrogens is 396 g/mol. The van der Waals surface area contributed by atoms with Gasteiger partial charge in [-0.3, -0.25) is 0 Å². The summed E-state index contributed by atoms with van der Waals surface area (Å²) in [5, 5.41) is 0. The molecule has 29 heavy (non-hydrogen) atoms. The second kappa shape index (κ2) is 12.7. The van der Waals surface area contributed by atoms with Crippen molar-refractivity contribution < 1.29 is 8.42 Å². The van der Waals surface area contributed by atoms with E-state index in [-0.39, 0.29) is 0 Å². The third-order valence-corrected chi connectivity index (χ3v) is 8.13. The van der Waals surface area contributed by atoms with Crippen LogP contribution in [0.15, 0.2) is 81.3 Å². The Morgan fingerprint density at radius 3 is 1.59 bits per heavy atom. The van der Waals surface area contributed by atoms with Gasteiger partial charge < -0.3 is 0 Å². The average molecular weight is 429 g/mol. The minimum absolute atomic E-state index is 0.504. The lowest BCUT2D eigenvalue weighted by Crippen LogP contribution is -2.04. The van der Waals surface area contributed by atoms with Crippen molar-refractivity contribution in [3.05, 3.63) is 82.6 Å². The maximum Gasteiger partial charge on any atom is 0.109 e. The standard InChI is InChI=1S/C25H32O2S2/c1-4-5-6-7-8-9-10-11-12-25(28(26)23-17-13-21(2)14-18-23)29(27)24-19-15-22(3)16-20-24/h4,12-20H,1,5-11H2,2-3H3/t28-,29-/m0/s1. The normalized spacial score (nSPS) is 12.9. The van der Waals surface area contributed by atoms with Gasteiger partial charge in [-0.2, -0.15) is 0 Å². The molecule has 0 amide bonds. The molecule has 2 rings (SSSR count). The Morgan fingerprint density at radius 2 is 1.14 bits per heavy atom. The van der Waals surface area contributed by atoms with Crippen molar-refractivity contribution in [1.29, 1.82) is 0 Å². The molecule has 4 heteroatoms. The van der Waals surface area contributed by atoms with E-state index in [2.05, 4.69) is 6.58 Å². The fraction of sp³-hybridized carbons (Fsp3) is 0.360. The quantitative estimate of drug-likeness (QED) is 0.270. The van der Waals surface area contributed by atoms with Gasteiger partial charge in [0, 0.05) is 9.79 Å². The molecule has 156 valence electrons.